The molecule has 0 aliphatic heterocycles. The Hall–Kier alpha value is -1.70. The molecule has 0 spiro atoms. The van der Waals surface area contributed by atoms with Crippen molar-refractivity contribution in [2.24, 2.45) is 0 Å². The van der Waals surface area contributed by atoms with Gasteiger partial charge in [-0.3, -0.25) is 0 Å². The van der Waals surface area contributed by atoms with Gasteiger partial charge in [0.2, 0.25) is 5.89 Å². The SMILES string of the molecule is CCS(=O)(=O)CCc1noc(C(C)Cc2c(C)noc2C)n1. The molecule has 2 rings (SSSR count). The Balaban J connectivity index is 2.02. The van der Waals surface area contributed by atoms with Crippen molar-refractivity contribution in [3.8, 4) is 0 Å². The number of aromatic nitrogens is 3. The van der Waals surface area contributed by atoms with Gasteiger partial charge in [0.1, 0.15) is 15.6 Å². The van der Waals surface area contributed by atoms with E-state index < -0.39 is 9.84 Å². The van der Waals surface area contributed by atoms with E-state index in [1.165, 1.54) is 0 Å². The summed E-state index contributed by atoms with van der Waals surface area (Å²) in [5, 5.41) is 7.78. The van der Waals surface area contributed by atoms with Crippen molar-refractivity contribution in [2.45, 2.75) is 46.5 Å². The molecule has 2 heterocycles. The minimum atomic E-state index is -3.02. The predicted molar refractivity (Wildman–Crippen MR) is 80.4 cm³/mol. The highest BCUT2D eigenvalue weighted by molar-refractivity contribution is 7.91. The van der Waals surface area contributed by atoms with Gasteiger partial charge >= 0.3 is 0 Å². The minimum absolute atomic E-state index is 0.0147. The fourth-order valence-electron chi connectivity index (χ4n) is 2.15. The Labute approximate surface area is 130 Å². The third-order valence-corrected chi connectivity index (χ3v) is 5.38. The molecule has 0 amide bonds. The summed E-state index contributed by atoms with van der Waals surface area (Å²) < 4.78 is 33.4. The Bertz CT molecular complexity index is 714. The number of sulfone groups is 1. The zero-order valence-electron chi connectivity index (χ0n) is 13.3. The maximum atomic E-state index is 11.5. The van der Waals surface area contributed by atoms with E-state index in [0.29, 0.717) is 18.1 Å². The summed E-state index contributed by atoms with van der Waals surface area (Å²) in [6.45, 7) is 7.37. The van der Waals surface area contributed by atoms with Crippen LogP contribution in [-0.2, 0) is 22.7 Å². The maximum Gasteiger partial charge on any atom is 0.229 e. The highest BCUT2D eigenvalue weighted by atomic mass is 32.2. The molecular weight excluding hydrogens is 306 g/mol. The van der Waals surface area contributed by atoms with Gasteiger partial charge in [-0.2, -0.15) is 4.98 Å². The molecule has 1 atom stereocenters. The molecule has 0 aromatic carbocycles. The zero-order valence-corrected chi connectivity index (χ0v) is 14.1. The van der Waals surface area contributed by atoms with Gasteiger partial charge < -0.3 is 9.05 Å². The first-order valence-corrected chi connectivity index (χ1v) is 9.09. The lowest BCUT2D eigenvalue weighted by Crippen LogP contribution is -2.11. The standard InChI is InChI=1S/C14H21N3O4S/c1-5-22(18,19)7-6-13-15-14(21-17-13)9(2)8-12-10(3)16-20-11(12)4/h9H,5-8H2,1-4H3. The van der Waals surface area contributed by atoms with E-state index in [0.717, 1.165) is 17.0 Å². The summed E-state index contributed by atoms with van der Waals surface area (Å²) in [5.74, 6) is 1.90. The first-order valence-electron chi connectivity index (χ1n) is 7.27. The van der Waals surface area contributed by atoms with Crippen molar-refractivity contribution in [1.29, 1.82) is 0 Å². The number of hydrogen-bond donors (Lipinski definition) is 0. The van der Waals surface area contributed by atoms with Crippen molar-refractivity contribution >= 4 is 9.84 Å². The summed E-state index contributed by atoms with van der Waals surface area (Å²) >= 11 is 0. The first kappa shape index (κ1) is 16.7. The quantitative estimate of drug-likeness (QED) is 0.766. The molecule has 0 aliphatic carbocycles. The Kier molecular flexibility index (Phi) is 5.00. The lowest BCUT2D eigenvalue weighted by molar-refractivity contribution is 0.353. The van der Waals surface area contributed by atoms with Crippen LogP contribution in [0, 0.1) is 13.8 Å². The van der Waals surface area contributed by atoms with Gasteiger partial charge in [0.15, 0.2) is 5.82 Å². The van der Waals surface area contributed by atoms with Gasteiger partial charge in [-0.1, -0.05) is 24.2 Å². The Morgan fingerprint density at radius 2 is 1.91 bits per heavy atom. The molecule has 2 aromatic rings. The topological polar surface area (TPSA) is 99.1 Å². The van der Waals surface area contributed by atoms with Crippen LogP contribution in [0.2, 0.25) is 0 Å². The second kappa shape index (κ2) is 6.60. The lowest BCUT2D eigenvalue weighted by Gasteiger charge is -2.05. The fraction of sp³-hybridized carbons (Fsp3) is 0.643. The van der Waals surface area contributed by atoms with Crippen LogP contribution in [0.3, 0.4) is 0 Å². The van der Waals surface area contributed by atoms with E-state index in [1.807, 2.05) is 20.8 Å². The molecule has 8 heteroatoms. The van der Waals surface area contributed by atoms with Gasteiger partial charge in [0.25, 0.3) is 0 Å². The molecule has 122 valence electrons. The second-order valence-corrected chi connectivity index (χ2v) is 7.92. The van der Waals surface area contributed by atoms with Crippen molar-refractivity contribution in [1.82, 2.24) is 15.3 Å². The van der Waals surface area contributed by atoms with Gasteiger partial charge in [-0.15, -0.1) is 0 Å². The van der Waals surface area contributed by atoms with Crippen LogP contribution in [0.4, 0.5) is 0 Å². The van der Waals surface area contributed by atoms with Gasteiger partial charge in [-0.25, -0.2) is 8.42 Å². The summed E-state index contributed by atoms with van der Waals surface area (Å²) in [6, 6.07) is 0. The van der Waals surface area contributed by atoms with E-state index in [9.17, 15) is 8.42 Å². The van der Waals surface area contributed by atoms with Gasteiger partial charge in [-0.05, 0) is 20.3 Å². The predicted octanol–water partition coefficient (Wildman–Crippen LogP) is 2.00. The van der Waals surface area contributed by atoms with Crippen molar-refractivity contribution in [2.75, 3.05) is 11.5 Å². The fourth-order valence-corrected chi connectivity index (χ4v) is 2.93. The highest BCUT2D eigenvalue weighted by Gasteiger charge is 2.20. The van der Waals surface area contributed by atoms with Crippen LogP contribution < -0.4 is 0 Å². The summed E-state index contributed by atoms with van der Waals surface area (Å²) in [6.07, 6.45) is 0.966. The van der Waals surface area contributed by atoms with Gasteiger partial charge in [0, 0.05) is 23.7 Å². The van der Waals surface area contributed by atoms with Crippen LogP contribution in [0.1, 0.15) is 48.5 Å². The average molecular weight is 327 g/mol. The van der Waals surface area contributed by atoms with Gasteiger partial charge in [0.05, 0.1) is 11.4 Å². The summed E-state index contributed by atoms with van der Waals surface area (Å²) in [4.78, 5) is 4.29. The molecule has 7 nitrogen and oxygen atoms in total. The molecule has 22 heavy (non-hydrogen) atoms. The van der Waals surface area contributed by atoms with Crippen LogP contribution in [-0.4, -0.2) is 35.2 Å². The molecule has 0 bridgehead atoms. The molecule has 0 saturated carbocycles. The van der Waals surface area contributed by atoms with Crippen molar-refractivity contribution in [3.05, 3.63) is 28.7 Å². The molecule has 2 aromatic heterocycles. The summed E-state index contributed by atoms with van der Waals surface area (Å²) in [7, 11) is -3.02. The third-order valence-electron chi connectivity index (χ3n) is 3.67. The molecule has 0 radical (unpaired) electrons. The van der Waals surface area contributed by atoms with E-state index in [4.69, 9.17) is 9.05 Å². The summed E-state index contributed by atoms with van der Waals surface area (Å²) in [5.41, 5.74) is 1.90. The molecule has 0 aliphatic rings. The van der Waals surface area contributed by atoms with E-state index in [1.54, 1.807) is 6.92 Å². The van der Waals surface area contributed by atoms with Crippen LogP contribution in [0.5, 0.6) is 0 Å². The maximum absolute atomic E-state index is 11.5. The smallest absolute Gasteiger partial charge is 0.229 e. The molecular formula is C14H21N3O4S. The highest BCUT2D eigenvalue weighted by Crippen LogP contribution is 2.23. The van der Waals surface area contributed by atoms with Crippen molar-refractivity contribution < 1.29 is 17.5 Å². The van der Waals surface area contributed by atoms with E-state index in [2.05, 4.69) is 15.3 Å². The lowest BCUT2D eigenvalue weighted by atomic mass is 10.00. The Morgan fingerprint density at radius 1 is 1.18 bits per heavy atom. The normalized spacial score (nSPS) is 13.5. The van der Waals surface area contributed by atoms with Crippen LogP contribution >= 0.6 is 0 Å². The average Bonchev–Trinajstić information content (AvgIpc) is 3.07. The molecule has 0 fully saturated rings. The molecule has 0 N–H and O–H groups in total. The number of hydrogen-bond acceptors (Lipinski definition) is 7. The van der Waals surface area contributed by atoms with Crippen LogP contribution in [0.25, 0.3) is 0 Å². The monoisotopic (exact) mass is 327 g/mol. The number of nitrogens with zero attached hydrogens (tertiary/aromatic N) is 3. The molecule has 0 saturated heterocycles. The first-order chi connectivity index (χ1) is 10.3. The number of rotatable bonds is 7. The van der Waals surface area contributed by atoms with Crippen molar-refractivity contribution in [3.63, 3.8) is 0 Å². The van der Waals surface area contributed by atoms with Crippen LogP contribution in [0.15, 0.2) is 9.05 Å². The van der Waals surface area contributed by atoms with E-state index >= 15 is 0 Å². The number of aryl methyl sites for hydroxylation is 3. The van der Waals surface area contributed by atoms with E-state index in [-0.39, 0.29) is 23.8 Å². The zero-order chi connectivity index (χ0) is 16.3. The minimum Gasteiger partial charge on any atom is -0.361 e. The second-order valence-electron chi connectivity index (χ2n) is 5.44. The molecule has 1 unspecified atom stereocenters. The Morgan fingerprint density at radius 3 is 2.50 bits per heavy atom. The largest absolute Gasteiger partial charge is 0.361 e. The third kappa shape index (κ3) is 3.94.